The number of carbonyl (C=O) groups is 1. The van der Waals surface area contributed by atoms with Crippen molar-refractivity contribution in [3.63, 3.8) is 0 Å². The highest BCUT2D eigenvalue weighted by Gasteiger charge is 2.31. The number of hydrogen-bond acceptors (Lipinski definition) is 6. The fraction of sp³-hybridized carbons (Fsp3) is 0.583. The van der Waals surface area contributed by atoms with Crippen molar-refractivity contribution in [3.05, 3.63) is 33.2 Å². The van der Waals surface area contributed by atoms with Gasteiger partial charge in [-0.3, -0.25) is 4.79 Å². The van der Waals surface area contributed by atoms with E-state index < -0.39 is 0 Å². The molecule has 7 nitrogen and oxygen atoms in total. The number of nitrogens with zero attached hydrogens (tertiary/aromatic N) is 2. The van der Waals surface area contributed by atoms with Gasteiger partial charge in [-0.05, 0) is 52.6 Å². The minimum atomic E-state index is -0.348. The Morgan fingerprint density at radius 2 is 1.87 bits per heavy atom. The zero-order valence-electron chi connectivity index (χ0n) is 19.2. The lowest BCUT2D eigenvalue weighted by atomic mass is 9.92. The smallest absolute Gasteiger partial charge is 0.339 e. The van der Waals surface area contributed by atoms with Gasteiger partial charge in [-0.25, -0.2) is 4.79 Å². The van der Waals surface area contributed by atoms with Crippen molar-refractivity contribution in [2.45, 2.75) is 53.1 Å². The third-order valence-electron chi connectivity index (χ3n) is 6.63. The zero-order chi connectivity index (χ0) is 22.3. The average Bonchev–Trinajstić information content (AvgIpc) is 2.74. The molecule has 7 heteroatoms. The summed E-state index contributed by atoms with van der Waals surface area (Å²) in [6, 6.07) is 1.85. The monoisotopic (exact) mass is 428 g/mol. The van der Waals surface area contributed by atoms with E-state index in [-0.39, 0.29) is 23.7 Å². The predicted octanol–water partition coefficient (Wildman–Crippen LogP) is 3.06. The second-order valence-corrected chi connectivity index (χ2v) is 9.16. The van der Waals surface area contributed by atoms with Gasteiger partial charge < -0.3 is 23.7 Å². The summed E-state index contributed by atoms with van der Waals surface area (Å²) in [5, 5.41) is 0.753. The number of aryl methyl sites for hydroxylation is 2. The number of fused-ring (bicyclic) bond motifs is 3. The summed E-state index contributed by atoms with van der Waals surface area (Å²) in [5.41, 5.74) is 2.12. The van der Waals surface area contributed by atoms with Crippen molar-refractivity contribution in [1.29, 1.82) is 0 Å². The topological polar surface area (TPSA) is 72.2 Å². The summed E-state index contributed by atoms with van der Waals surface area (Å²) in [4.78, 5) is 29.3. The quantitative estimate of drug-likeness (QED) is 0.697. The van der Waals surface area contributed by atoms with Crippen LogP contribution >= 0.6 is 0 Å². The van der Waals surface area contributed by atoms with Crippen LogP contribution in [0.15, 0.2) is 15.3 Å². The lowest BCUT2D eigenvalue weighted by Crippen LogP contribution is -2.49. The molecule has 1 aromatic heterocycles. The van der Waals surface area contributed by atoms with E-state index in [1.807, 2.05) is 31.7 Å². The maximum Gasteiger partial charge on any atom is 0.339 e. The van der Waals surface area contributed by atoms with Crippen molar-refractivity contribution in [3.8, 4) is 11.5 Å². The van der Waals surface area contributed by atoms with Gasteiger partial charge in [-0.1, -0.05) is 6.92 Å². The number of hydrogen-bond donors (Lipinski definition) is 0. The lowest BCUT2D eigenvalue weighted by Gasteiger charge is -2.34. The average molecular weight is 429 g/mol. The summed E-state index contributed by atoms with van der Waals surface area (Å²) >= 11 is 0. The van der Waals surface area contributed by atoms with Crippen LogP contribution in [0.5, 0.6) is 11.5 Å². The summed E-state index contributed by atoms with van der Waals surface area (Å²) in [7, 11) is 0. The second-order valence-electron chi connectivity index (χ2n) is 9.16. The van der Waals surface area contributed by atoms with Gasteiger partial charge >= 0.3 is 5.63 Å². The van der Waals surface area contributed by atoms with Gasteiger partial charge in [-0.15, -0.1) is 0 Å². The molecule has 1 amide bonds. The maximum absolute atomic E-state index is 12.8. The normalized spacial score (nSPS) is 18.5. The largest absolute Gasteiger partial charge is 0.487 e. The molecular formula is C24H32N2O5. The van der Waals surface area contributed by atoms with Gasteiger partial charge in [0.05, 0.1) is 5.39 Å². The predicted molar refractivity (Wildman–Crippen MR) is 119 cm³/mol. The molecular weight excluding hydrogens is 396 g/mol. The molecule has 0 radical (unpaired) electrons. The third-order valence-corrected chi connectivity index (χ3v) is 6.63. The van der Waals surface area contributed by atoms with Crippen LogP contribution in [0.25, 0.3) is 11.0 Å². The molecule has 2 aromatic rings. The maximum atomic E-state index is 12.8. The van der Waals surface area contributed by atoms with E-state index in [9.17, 15) is 9.59 Å². The number of ether oxygens (including phenoxy) is 2. The molecule has 0 saturated carbocycles. The zero-order valence-corrected chi connectivity index (χ0v) is 19.2. The van der Waals surface area contributed by atoms with Crippen molar-refractivity contribution in [2.24, 2.45) is 0 Å². The molecule has 2 aliphatic rings. The van der Waals surface area contributed by atoms with E-state index in [2.05, 4.69) is 11.8 Å². The molecule has 168 valence electrons. The van der Waals surface area contributed by atoms with Crippen LogP contribution in [-0.4, -0.2) is 60.6 Å². The Balaban J connectivity index is 1.66. The standard InChI is InChI=1S/C24H32N2O5/c1-6-25-9-11-26(12-10-25)20(27)14-29-19-13-18-17(7-8-24(4,5)31-18)22-21(19)15(2)16(3)23(28)30-22/h13H,6-12,14H2,1-5H3. The van der Waals surface area contributed by atoms with Gasteiger partial charge in [-0.2, -0.15) is 0 Å². The Kier molecular flexibility index (Phi) is 5.73. The van der Waals surface area contributed by atoms with E-state index in [1.54, 1.807) is 6.92 Å². The fourth-order valence-corrected chi connectivity index (χ4v) is 4.39. The van der Waals surface area contributed by atoms with E-state index in [1.165, 1.54) is 0 Å². The van der Waals surface area contributed by atoms with Gasteiger partial charge in [0.15, 0.2) is 6.61 Å². The molecule has 4 rings (SSSR count). The first-order valence-electron chi connectivity index (χ1n) is 11.1. The van der Waals surface area contributed by atoms with E-state index in [0.717, 1.165) is 49.0 Å². The number of carbonyl (C=O) groups excluding carboxylic acids is 1. The Bertz CT molecular complexity index is 1060. The van der Waals surface area contributed by atoms with Crippen LogP contribution in [-0.2, 0) is 11.2 Å². The number of rotatable bonds is 4. The Labute approximate surface area is 182 Å². The summed E-state index contributed by atoms with van der Waals surface area (Å²) in [6.07, 6.45) is 1.58. The van der Waals surface area contributed by atoms with Crippen LogP contribution in [0.2, 0.25) is 0 Å². The van der Waals surface area contributed by atoms with Crippen LogP contribution in [0, 0.1) is 13.8 Å². The number of amides is 1. The first-order valence-corrected chi connectivity index (χ1v) is 11.1. The molecule has 1 aromatic carbocycles. The lowest BCUT2D eigenvalue weighted by molar-refractivity contribution is -0.135. The highest BCUT2D eigenvalue weighted by Crippen LogP contribution is 2.43. The minimum Gasteiger partial charge on any atom is -0.487 e. The minimum absolute atomic E-state index is 0.0327. The molecule has 0 N–H and O–H groups in total. The molecule has 0 aliphatic carbocycles. The number of piperazine rings is 1. The molecule has 0 unspecified atom stereocenters. The van der Waals surface area contributed by atoms with Gasteiger partial charge in [0.1, 0.15) is 22.7 Å². The number of benzene rings is 1. The highest BCUT2D eigenvalue weighted by atomic mass is 16.5. The number of likely N-dealkylation sites (N-methyl/N-ethyl adjacent to an activating group) is 1. The van der Waals surface area contributed by atoms with Crippen molar-refractivity contribution in [2.75, 3.05) is 39.3 Å². The second kappa shape index (κ2) is 8.19. The molecule has 0 spiro atoms. The molecule has 0 bridgehead atoms. The molecule has 31 heavy (non-hydrogen) atoms. The fourth-order valence-electron chi connectivity index (χ4n) is 4.39. The molecule has 0 atom stereocenters. The van der Waals surface area contributed by atoms with Gasteiger partial charge in [0.25, 0.3) is 5.91 Å². The van der Waals surface area contributed by atoms with E-state index in [4.69, 9.17) is 13.9 Å². The summed E-state index contributed by atoms with van der Waals surface area (Å²) < 4.78 is 17.9. The molecule has 3 heterocycles. The molecule has 2 aliphatic heterocycles. The first-order chi connectivity index (χ1) is 14.7. The van der Waals surface area contributed by atoms with E-state index in [0.29, 0.717) is 35.7 Å². The molecule has 1 fully saturated rings. The first kappa shape index (κ1) is 21.7. The van der Waals surface area contributed by atoms with Gasteiger partial charge in [0, 0.05) is 43.4 Å². The van der Waals surface area contributed by atoms with Crippen molar-refractivity contribution >= 4 is 16.9 Å². The van der Waals surface area contributed by atoms with Crippen LogP contribution < -0.4 is 15.1 Å². The Hall–Kier alpha value is -2.54. The van der Waals surface area contributed by atoms with Crippen LogP contribution in [0.3, 0.4) is 0 Å². The van der Waals surface area contributed by atoms with Crippen LogP contribution in [0.4, 0.5) is 0 Å². The molecule has 1 saturated heterocycles. The highest BCUT2D eigenvalue weighted by molar-refractivity contribution is 5.92. The van der Waals surface area contributed by atoms with Gasteiger partial charge in [0.2, 0.25) is 0 Å². The van der Waals surface area contributed by atoms with Crippen molar-refractivity contribution < 1.29 is 18.7 Å². The third kappa shape index (κ3) is 4.15. The van der Waals surface area contributed by atoms with Crippen molar-refractivity contribution in [1.82, 2.24) is 9.80 Å². The van der Waals surface area contributed by atoms with Crippen LogP contribution in [0.1, 0.15) is 43.9 Å². The van der Waals surface area contributed by atoms with E-state index >= 15 is 0 Å². The Morgan fingerprint density at radius 3 is 2.55 bits per heavy atom. The summed E-state index contributed by atoms with van der Waals surface area (Å²) in [6.45, 7) is 14.0. The Morgan fingerprint density at radius 1 is 1.16 bits per heavy atom. The SMILES string of the molecule is CCN1CCN(C(=O)COc2cc3c(c4oc(=O)c(C)c(C)c24)CCC(C)(C)O3)CC1. The summed E-state index contributed by atoms with van der Waals surface area (Å²) in [5.74, 6) is 1.15.